The number of hydrogen-bond donors (Lipinski definition) is 2. The lowest BCUT2D eigenvalue weighted by Gasteiger charge is -2.11. The molecule has 0 spiro atoms. The highest BCUT2D eigenvalue weighted by Crippen LogP contribution is 2.35. The Morgan fingerprint density at radius 3 is 2.57 bits per heavy atom. The van der Waals surface area contributed by atoms with E-state index in [-0.39, 0.29) is 22.6 Å². The van der Waals surface area contributed by atoms with E-state index in [0.717, 1.165) is 0 Å². The number of amides is 1. The average molecular weight is 314 g/mol. The minimum absolute atomic E-state index is 0.00332. The molecule has 0 radical (unpaired) electrons. The van der Waals surface area contributed by atoms with Gasteiger partial charge in [0.15, 0.2) is 5.75 Å². The molecule has 0 fully saturated rings. The van der Waals surface area contributed by atoms with Gasteiger partial charge in [-0.05, 0) is 6.07 Å². The molecule has 0 atom stereocenters. The second-order valence-electron chi connectivity index (χ2n) is 5.24. The number of aromatic hydroxyl groups is 1. The van der Waals surface area contributed by atoms with E-state index in [9.17, 15) is 19.8 Å². The lowest BCUT2D eigenvalue weighted by molar-refractivity contribution is 0.0700. The molecule has 0 saturated carbocycles. The van der Waals surface area contributed by atoms with Crippen LogP contribution in [0.15, 0.2) is 36.5 Å². The van der Waals surface area contributed by atoms with Gasteiger partial charge in [0, 0.05) is 25.5 Å². The van der Waals surface area contributed by atoms with Gasteiger partial charge in [0.1, 0.15) is 11.3 Å². The van der Waals surface area contributed by atoms with Crippen molar-refractivity contribution in [3.05, 3.63) is 42.1 Å². The second-order valence-corrected chi connectivity index (χ2v) is 5.24. The molecule has 2 aromatic heterocycles. The molecule has 0 aliphatic rings. The van der Waals surface area contributed by atoms with Crippen LogP contribution in [0.2, 0.25) is 0 Å². The number of hydrogen-bond acceptors (Lipinski definition) is 4. The number of para-hydroxylation sites is 1. The minimum atomic E-state index is -1.14. The topological polar surface area (TPSA) is 91.5 Å². The standard InChI is InChI=1S/C16H14N2O5/c1-17(2)16(22)23-9-7-12(19)14-13(15(20)21)10-5-3-4-6-11(10)18(14)8-9/h3-8,19H,1-2H3,(H,20,21). The zero-order valence-electron chi connectivity index (χ0n) is 12.5. The highest BCUT2D eigenvalue weighted by atomic mass is 16.6. The van der Waals surface area contributed by atoms with E-state index >= 15 is 0 Å². The fraction of sp³-hybridized carbons (Fsp3) is 0.125. The number of carboxylic acids is 1. The first-order chi connectivity index (χ1) is 10.9. The fourth-order valence-electron chi connectivity index (χ4n) is 2.48. The quantitative estimate of drug-likeness (QED) is 0.758. The van der Waals surface area contributed by atoms with Gasteiger partial charge < -0.3 is 24.3 Å². The van der Waals surface area contributed by atoms with Crippen molar-refractivity contribution in [1.82, 2.24) is 9.30 Å². The Morgan fingerprint density at radius 1 is 1.22 bits per heavy atom. The smallest absolute Gasteiger partial charge is 0.414 e. The number of nitrogens with zero attached hydrogens (tertiary/aromatic N) is 2. The van der Waals surface area contributed by atoms with E-state index < -0.39 is 12.1 Å². The molecule has 0 unspecified atom stereocenters. The van der Waals surface area contributed by atoms with E-state index in [1.54, 1.807) is 24.3 Å². The molecule has 0 saturated heterocycles. The third-order valence-corrected chi connectivity index (χ3v) is 3.47. The number of aromatic carboxylic acids is 1. The van der Waals surface area contributed by atoms with E-state index in [1.165, 1.54) is 35.7 Å². The maximum atomic E-state index is 11.7. The van der Waals surface area contributed by atoms with E-state index in [2.05, 4.69) is 0 Å². The Hall–Kier alpha value is -3.22. The lowest BCUT2D eigenvalue weighted by Crippen LogP contribution is -2.25. The van der Waals surface area contributed by atoms with Crippen LogP contribution in [0.1, 0.15) is 10.4 Å². The van der Waals surface area contributed by atoms with Gasteiger partial charge in [-0.1, -0.05) is 18.2 Å². The maximum Gasteiger partial charge on any atom is 0.414 e. The molecule has 118 valence electrons. The Balaban J connectivity index is 2.30. The number of carbonyl (C=O) groups is 2. The monoisotopic (exact) mass is 314 g/mol. The first kappa shape index (κ1) is 14.7. The number of pyridine rings is 1. The third-order valence-electron chi connectivity index (χ3n) is 3.47. The van der Waals surface area contributed by atoms with E-state index in [0.29, 0.717) is 10.9 Å². The Labute approximate surface area is 130 Å². The van der Waals surface area contributed by atoms with Crippen LogP contribution in [0, 0.1) is 0 Å². The van der Waals surface area contributed by atoms with Gasteiger partial charge in [0.2, 0.25) is 0 Å². The molecule has 0 aliphatic heterocycles. The normalized spacial score (nSPS) is 10.9. The van der Waals surface area contributed by atoms with Crippen LogP contribution < -0.4 is 4.74 Å². The van der Waals surface area contributed by atoms with Crippen LogP contribution in [0.3, 0.4) is 0 Å². The number of aromatic nitrogens is 1. The molecule has 7 heteroatoms. The molecule has 2 heterocycles. The summed E-state index contributed by atoms with van der Waals surface area (Å²) in [6.45, 7) is 0. The Kier molecular flexibility index (Phi) is 3.33. The van der Waals surface area contributed by atoms with Crippen molar-refractivity contribution in [2.24, 2.45) is 0 Å². The number of carboxylic acid groups (broad SMARTS) is 1. The first-order valence-electron chi connectivity index (χ1n) is 6.78. The molecule has 0 aliphatic carbocycles. The van der Waals surface area contributed by atoms with Gasteiger partial charge >= 0.3 is 12.1 Å². The zero-order chi connectivity index (χ0) is 16.7. The molecule has 3 aromatic rings. The van der Waals surface area contributed by atoms with Gasteiger partial charge in [-0.25, -0.2) is 9.59 Å². The molecule has 2 N–H and O–H groups in total. The van der Waals surface area contributed by atoms with Crippen LogP contribution in [-0.4, -0.2) is 45.7 Å². The summed E-state index contributed by atoms with van der Waals surface area (Å²) in [6, 6.07) is 8.10. The van der Waals surface area contributed by atoms with Crippen molar-refractivity contribution in [1.29, 1.82) is 0 Å². The Morgan fingerprint density at radius 2 is 1.91 bits per heavy atom. The third kappa shape index (κ3) is 2.32. The molecule has 1 amide bonds. The SMILES string of the molecule is CN(C)C(=O)Oc1cc(O)c2c(C(=O)O)c3ccccc3n2c1. The van der Waals surface area contributed by atoms with E-state index in [4.69, 9.17) is 4.74 Å². The van der Waals surface area contributed by atoms with Gasteiger partial charge in [-0.2, -0.15) is 0 Å². The lowest BCUT2D eigenvalue weighted by atomic mass is 10.1. The predicted molar refractivity (Wildman–Crippen MR) is 83.2 cm³/mol. The van der Waals surface area contributed by atoms with Gasteiger partial charge in [-0.3, -0.25) is 0 Å². The summed E-state index contributed by atoms with van der Waals surface area (Å²) in [6.07, 6.45) is 0.879. The zero-order valence-corrected chi connectivity index (χ0v) is 12.5. The molecule has 1 aromatic carbocycles. The van der Waals surface area contributed by atoms with Crippen molar-refractivity contribution < 1.29 is 24.5 Å². The Bertz CT molecular complexity index is 942. The average Bonchev–Trinajstić information content (AvgIpc) is 2.82. The molecular formula is C16H14N2O5. The number of fused-ring (bicyclic) bond motifs is 3. The van der Waals surface area contributed by atoms with Gasteiger partial charge in [0.25, 0.3) is 0 Å². The molecule has 23 heavy (non-hydrogen) atoms. The highest BCUT2D eigenvalue weighted by molar-refractivity contribution is 6.12. The number of ether oxygens (including phenoxy) is 1. The first-order valence-corrected chi connectivity index (χ1v) is 6.78. The van der Waals surface area contributed by atoms with Crippen LogP contribution >= 0.6 is 0 Å². The van der Waals surface area contributed by atoms with Crippen LogP contribution in [0.5, 0.6) is 11.5 Å². The van der Waals surface area contributed by atoms with Crippen molar-refractivity contribution in [2.75, 3.05) is 14.1 Å². The van der Waals surface area contributed by atoms with Gasteiger partial charge in [0.05, 0.1) is 17.3 Å². The van der Waals surface area contributed by atoms with E-state index in [1.807, 2.05) is 0 Å². The summed E-state index contributed by atoms with van der Waals surface area (Å²) >= 11 is 0. The summed E-state index contributed by atoms with van der Waals surface area (Å²) in [5.74, 6) is -1.30. The maximum absolute atomic E-state index is 11.7. The summed E-state index contributed by atoms with van der Waals surface area (Å²) in [5.41, 5.74) is 0.755. The molecule has 7 nitrogen and oxygen atoms in total. The summed E-state index contributed by atoms with van der Waals surface area (Å²) in [5, 5.41) is 20.2. The van der Waals surface area contributed by atoms with Crippen molar-refractivity contribution in [2.45, 2.75) is 0 Å². The summed E-state index contributed by atoms with van der Waals surface area (Å²) in [7, 11) is 3.07. The summed E-state index contributed by atoms with van der Waals surface area (Å²) < 4.78 is 6.65. The van der Waals surface area contributed by atoms with Gasteiger partial charge in [-0.15, -0.1) is 0 Å². The predicted octanol–water partition coefficient (Wildman–Crippen LogP) is 2.56. The minimum Gasteiger partial charge on any atom is -0.506 e. The molecular weight excluding hydrogens is 300 g/mol. The van der Waals surface area contributed by atoms with Crippen molar-refractivity contribution in [3.63, 3.8) is 0 Å². The largest absolute Gasteiger partial charge is 0.506 e. The van der Waals surface area contributed by atoms with Crippen molar-refractivity contribution in [3.8, 4) is 11.5 Å². The second kappa shape index (κ2) is 5.20. The fourth-order valence-corrected chi connectivity index (χ4v) is 2.48. The summed E-state index contributed by atoms with van der Waals surface area (Å²) in [4.78, 5) is 24.5. The number of rotatable bonds is 2. The van der Waals surface area contributed by atoms with Crippen molar-refractivity contribution >= 4 is 28.5 Å². The highest BCUT2D eigenvalue weighted by Gasteiger charge is 2.21. The van der Waals surface area contributed by atoms with Crippen LogP contribution in [0.4, 0.5) is 4.79 Å². The molecule has 3 rings (SSSR count). The number of benzene rings is 1. The van der Waals surface area contributed by atoms with Crippen LogP contribution in [-0.2, 0) is 0 Å². The number of carbonyl (C=O) groups excluding carboxylic acids is 1. The molecule has 0 bridgehead atoms. The van der Waals surface area contributed by atoms with Crippen LogP contribution in [0.25, 0.3) is 16.4 Å².